The Morgan fingerprint density at radius 3 is 2.60 bits per heavy atom. The lowest BCUT2D eigenvalue weighted by Gasteiger charge is -2.06. The number of pyridine rings is 1. The molecule has 5 nitrogen and oxygen atoms in total. The Balaban J connectivity index is 2.20. The number of carbonyl (C=O) groups is 1. The SMILES string of the molecule is O=Cc1nnn(-c2ccc(Cl)cc2)c1-c1cccnc1. The first kappa shape index (κ1) is 12.5. The molecule has 0 saturated heterocycles. The molecule has 0 aliphatic heterocycles. The molecule has 0 amide bonds. The minimum atomic E-state index is 0.271. The zero-order valence-corrected chi connectivity index (χ0v) is 11.0. The lowest BCUT2D eigenvalue weighted by molar-refractivity contribution is 0.111. The summed E-state index contributed by atoms with van der Waals surface area (Å²) in [5.74, 6) is 0. The number of aldehydes is 1. The van der Waals surface area contributed by atoms with Crippen LogP contribution < -0.4 is 0 Å². The molecule has 0 saturated carbocycles. The van der Waals surface area contributed by atoms with Crippen LogP contribution in [0.2, 0.25) is 5.02 Å². The Morgan fingerprint density at radius 1 is 1.15 bits per heavy atom. The summed E-state index contributed by atoms with van der Waals surface area (Å²) in [6, 6.07) is 10.8. The molecule has 3 rings (SSSR count). The molecule has 0 radical (unpaired) electrons. The van der Waals surface area contributed by atoms with E-state index in [-0.39, 0.29) is 5.69 Å². The molecular formula is C14H9ClN4O. The van der Waals surface area contributed by atoms with E-state index >= 15 is 0 Å². The molecule has 98 valence electrons. The highest BCUT2D eigenvalue weighted by Gasteiger charge is 2.15. The largest absolute Gasteiger partial charge is 0.296 e. The first-order valence-corrected chi connectivity index (χ1v) is 6.24. The van der Waals surface area contributed by atoms with E-state index in [2.05, 4.69) is 15.3 Å². The molecule has 0 aliphatic carbocycles. The molecule has 2 aromatic heterocycles. The van der Waals surface area contributed by atoms with E-state index in [1.54, 1.807) is 35.3 Å². The maximum Gasteiger partial charge on any atom is 0.172 e. The fraction of sp³-hybridized carbons (Fsp3) is 0. The summed E-state index contributed by atoms with van der Waals surface area (Å²) in [6.07, 6.45) is 4.01. The predicted octanol–water partition coefficient (Wildman–Crippen LogP) is 2.80. The molecule has 0 aliphatic rings. The first-order valence-electron chi connectivity index (χ1n) is 5.87. The van der Waals surface area contributed by atoms with Gasteiger partial charge in [0.05, 0.1) is 5.69 Å². The second kappa shape index (κ2) is 5.22. The van der Waals surface area contributed by atoms with Crippen molar-refractivity contribution in [2.24, 2.45) is 0 Å². The monoisotopic (exact) mass is 284 g/mol. The van der Waals surface area contributed by atoms with Crippen LogP contribution in [0.15, 0.2) is 48.8 Å². The average Bonchev–Trinajstić information content (AvgIpc) is 2.93. The van der Waals surface area contributed by atoms with Gasteiger partial charge < -0.3 is 0 Å². The molecule has 0 bridgehead atoms. The zero-order chi connectivity index (χ0) is 13.9. The molecule has 0 unspecified atom stereocenters. The summed E-state index contributed by atoms with van der Waals surface area (Å²) < 4.78 is 1.59. The minimum absolute atomic E-state index is 0.271. The van der Waals surface area contributed by atoms with Crippen LogP contribution in [0.5, 0.6) is 0 Å². The lowest BCUT2D eigenvalue weighted by atomic mass is 10.1. The quantitative estimate of drug-likeness (QED) is 0.694. The van der Waals surface area contributed by atoms with Crippen LogP contribution in [0.3, 0.4) is 0 Å². The van der Waals surface area contributed by atoms with E-state index in [1.807, 2.05) is 18.2 Å². The predicted molar refractivity (Wildman–Crippen MR) is 75.0 cm³/mol. The van der Waals surface area contributed by atoms with Crippen LogP contribution >= 0.6 is 11.6 Å². The number of benzene rings is 1. The van der Waals surface area contributed by atoms with Crippen molar-refractivity contribution in [3.8, 4) is 16.9 Å². The Morgan fingerprint density at radius 2 is 1.95 bits per heavy atom. The lowest BCUT2D eigenvalue weighted by Crippen LogP contribution is -2.00. The van der Waals surface area contributed by atoms with Gasteiger partial charge in [-0.25, -0.2) is 4.68 Å². The smallest absolute Gasteiger partial charge is 0.172 e. The van der Waals surface area contributed by atoms with Crippen LogP contribution in [0.25, 0.3) is 16.9 Å². The van der Waals surface area contributed by atoms with Crippen LogP contribution in [0.4, 0.5) is 0 Å². The van der Waals surface area contributed by atoms with Gasteiger partial charge in [-0.1, -0.05) is 16.8 Å². The maximum absolute atomic E-state index is 11.1. The van der Waals surface area contributed by atoms with Crippen molar-refractivity contribution < 1.29 is 4.79 Å². The van der Waals surface area contributed by atoms with Crippen molar-refractivity contribution in [1.29, 1.82) is 0 Å². The van der Waals surface area contributed by atoms with Crippen LogP contribution in [0.1, 0.15) is 10.5 Å². The molecule has 0 fully saturated rings. The molecular weight excluding hydrogens is 276 g/mol. The van der Waals surface area contributed by atoms with Gasteiger partial charge in [0.15, 0.2) is 12.0 Å². The third kappa shape index (κ3) is 2.19. The van der Waals surface area contributed by atoms with E-state index in [0.29, 0.717) is 17.0 Å². The normalized spacial score (nSPS) is 10.4. The highest BCUT2D eigenvalue weighted by atomic mass is 35.5. The summed E-state index contributed by atoms with van der Waals surface area (Å²) >= 11 is 5.88. The molecule has 20 heavy (non-hydrogen) atoms. The second-order valence-electron chi connectivity index (χ2n) is 4.07. The molecule has 0 spiro atoms. The number of carbonyl (C=O) groups excluding carboxylic acids is 1. The summed E-state index contributed by atoms with van der Waals surface area (Å²) in [5.41, 5.74) is 2.42. The van der Waals surface area contributed by atoms with Crippen molar-refractivity contribution in [3.05, 3.63) is 59.5 Å². The van der Waals surface area contributed by atoms with Gasteiger partial charge in [-0.15, -0.1) is 5.10 Å². The number of halogens is 1. The zero-order valence-electron chi connectivity index (χ0n) is 10.3. The van der Waals surface area contributed by atoms with Gasteiger partial charge in [-0.05, 0) is 36.4 Å². The highest BCUT2D eigenvalue weighted by molar-refractivity contribution is 6.30. The molecule has 2 heterocycles. The van der Waals surface area contributed by atoms with Crippen LogP contribution in [-0.2, 0) is 0 Å². The van der Waals surface area contributed by atoms with Gasteiger partial charge in [-0.3, -0.25) is 9.78 Å². The summed E-state index contributed by atoms with van der Waals surface area (Å²) in [4.78, 5) is 15.2. The van der Waals surface area contributed by atoms with Crippen molar-refractivity contribution in [2.45, 2.75) is 0 Å². The molecule has 0 atom stereocenters. The van der Waals surface area contributed by atoms with Gasteiger partial charge >= 0.3 is 0 Å². The highest BCUT2D eigenvalue weighted by Crippen LogP contribution is 2.24. The number of nitrogens with zero attached hydrogens (tertiary/aromatic N) is 4. The molecule has 6 heteroatoms. The van der Waals surface area contributed by atoms with Gasteiger partial charge in [-0.2, -0.15) is 0 Å². The summed E-state index contributed by atoms with van der Waals surface area (Å²) in [7, 11) is 0. The van der Waals surface area contributed by atoms with Crippen molar-refractivity contribution in [3.63, 3.8) is 0 Å². The standard InChI is InChI=1S/C14H9ClN4O/c15-11-3-5-12(6-4-11)19-14(13(9-20)17-18-19)10-2-1-7-16-8-10/h1-9H. The van der Waals surface area contributed by atoms with E-state index in [4.69, 9.17) is 11.6 Å². The van der Waals surface area contributed by atoms with Crippen molar-refractivity contribution in [2.75, 3.05) is 0 Å². The number of aromatic nitrogens is 4. The number of rotatable bonds is 3. The Labute approximate surface area is 119 Å². The average molecular weight is 285 g/mol. The third-order valence-corrected chi connectivity index (χ3v) is 3.07. The fourth-order valence-electron chi connectivity index (χ4n) is 1.91. The van der Waals surface area contributed by atoms with E-state index < -0.39 is 0 Å². The van der Waals surface area contributed by atoms with Gasteiger partial charge in [0.1, 0.15) is 5.69 Å². The second-order valence-corrected chi connectivity index (χ2v) is 4.51. The number of hydrogen-bond acceptors (Lipinski definition) is 4. The third-order valence-electron chi connectivity index (χ3n) is 2.81. The fourth-order valence-corrected chi connectivity index (χ4v) is 2.03. The topological polar surface area (TPSA) is 60.7 Å². The van der Waals surface area contributed by atoms with Gasteiger partial charge in [0.2, 0.25) is 0 Å². The van der Waals surface area contributed by atoms with Crippen molar-refractivity contribution >= 4 is 17.9 Å². The minimum Gasteiger partial charge on any atom is -0.296 e. The van der Waals surface area contributed by atoms with Gasteiger partial charge in [0, 0.05) is 23.0 Å². The van der Waals surface area contributed by atoms with E-state index in [9.17, 15) is 4.79 Å². The summed E-state index contributed by atoms with van der Waals surface area (Å²) in [6.45, 7) is 0. The Hall–Kier alpha value is -2.53. The molecule has 0 N–H and O–H groups in total. The first-order chi connectivity index (χ1) is 9.79. The van der Waals surface area contributed by atoms with Crippen LogP contribution in [-0.4, -0.2) is 26.3 Å². The van der Waals surface area contributed by atoms with Crippen LogP contribution in [0, 0.1) is 0 Å². The number of hydrogen-bond donors (Lipinski definition) is 0. The Bertz CT molecular complexity index is 738. The Kier molecular flexibility index (Phi) is 3.26. The molecule has 1 aromatic carbocycles. The van der Waals surface area contributed by atoms with Crippen molar-refractivity contribution in [1.82, 2.24) is 20.0 Å². The maximum atomic E-state index is 11.1. The molecule has 3 aromatic rings. The van der Waals surface area contributed by atoms with Gasteiger partial charge in [0.25, 0.3) is 0 Å². The summed E-state index contributed by atoms with van der Waals surface area (Å²) in [5, 5.41) is 8.55. The van der Waals surface area contributed by atoms with E-state index in [0.717, 1.165) is 11.3 Å². The van der Waals surface area contributed by atoms with E-state index in [1.165, 1.54) is 0 Å².